The third kappa shape index (κ3) is 6.61. The first-order valence-electron chi connectivity index (χ1n) is 5.90. The van der Waals surface area contributed by atoms with Gasteiger partial charge in [0.05, 0.1) is 19.3 Å². The Morgan fingerprint density at radius 3 is 2.94 bits per heavy atom. The predicted octanol–water partition coefficient (Wildman–Crippen LogP) is 0.982. The van der Waals surface area contributed by atoms with Crippen LogP contribution < -0.4 is 5.32 Å². The molecule has 1 aromatic heterocycles. The lowest BCUT2D eigenvalue weighted by Crippen LogP contribution is -2.35. The van der Waals surface area contributed by atoms with Crippen molar-refractivity contribution in [1.82, 2.24) is 5.32 Å². The Bertz CT molecular complexity index is 343. The quantitative estimate of drug-likeness (QED) is 0.712. The summed E-state index contributed by atoms with van der Waals surface area (Å²) in [4.78, 5) is 1.16. The molecule has 1 aromatic rings. The SMILES string of the molecule is CC(CNCC(O)COCc1cccs1)S(C)=O. The van der Waals surface area contributed by atoms with Gasteiger partial charge < -0.3 is 15.2 Å². The third-order valence-electron chi connectivity index (χ3n) is 2.51. The molecular weight excluding hydrogens is 270 g/mol. The molecule has 0 amide bonds. The van der Waals surface area contributed by atoms with Crippen molar-refractivity contribution in [1.29, 1.82) is 0 Å². The Balaban J connectivity index is 2.03. The van der Waals surface area contributed by atoms with Gasteiger partial charge in [0.15, 0.2) is 0 Å². The molecule has 104 valence electrons. The van der Waals surface area contributed by atoms with Crippen molar-refractivity contribution in [3.8, 4) is 0 Å². The Kier molecular flexibility index (Phi) is 7.69. The van der Waals surface area contributed by atoms with E-state index in [-0.39, 0.29) is 5.25 Å². The van der Waals surface area contributed by atoms with E-state index < -0.39 is 16.9 Å². The Morgan fingerprint density at radius 2 is 2.33 bits per heavy atom. The number of ether oxygens (including phenoxy) is 1. The summed E-state index contributed by atoms with van der Waals surface area (Å²) in [6, 6.07) is 3.99. The number of hydrogen-bond acceptors (Lipinski definition) is 5. The van der Waals surface area contributed by atoms with Gasteiger partial charge in [-0.3, -0.25) is 4.21 Å². The highest BCUT2D eigenvalue weighted by Crippen LogP contribution is 2.09. The smallest absolute Gasteiger partial charge is 0.0897 e. The van der Waals surface area contributed by atoms with Crippen LogP contribution in [-0.2, 0) is 22.1 Å². The minimum atomic E-state index is -0.825. The van der Waals surface area contributed by atoms with E-state index in [9.17, 15) is 9.32 Å². The van der Waals surface area contributed by atoms with Gasteiger partial charge in [0.25, 0.3) is 0 Å². The zero-order valence-electron chi connectivity index (χ0n) is 10.8. The van der Waals surface area contributed by atoms with Crippen molar-refractivity contribution in [2.45, 2.75) is 24.9 Å². The molecule has 1 heterocycles. The van der Waals surface area contributed by atoms with Crippen molar-refractivity contribution in [2.75, 3.05) is 26.0 Å². The zero-order chi connectivity index (χ0) is 13.4. The van der Waals surface area contributed by atoms with Crippen LogP contribution in [-0.4, -0.2) is 46.6 Å². The van der Waals surface area contributed by atoms with E-state index in [1.807, 2.05) is 24.4 Å². The number of aliphatic hydroxyl groups excluding tert-OH is 1. The average molecular weight is 291 g/mol. The fourth-order valence-corrected chi connectivity index (χ4v) is 2.31. The van der Waals surface area contributed by atoms with Crippen molar-refractivity contribution in [3.05, 3.63) is 22.4 Å². The van der Waals surface area contributed by atoms with E-state index >= 15 is 0 Å². The molecule has 3 unspecified atom stereocenters. The van der Waals surface area contributed by atoms with Crippen LogP contribution in [0.1, 0.15) is 11.8 Å². The van der Waals surface area contributed by atoms with E-state index in [0.717, 1.165) is 4.88 Å². The second kappa shape index (κ2) is 8.77. The summed E-state index contributed by atoms with van der Waals surface area (Å²) in [6.07, 6.45) is 1.16. The van der Waals surface area contributed by atoms with Gasteiger partial charge in [0.2, 0.25) is 0 Å². The molecule has 3 atom stereocenters. The largest absolute Gasteiger partial charge is 0.389 e. The topological polar surface area (TPSA) is 58.6 Å². The lowest BCUT2D eigenvalue weighted by molar-refractivity contribution is 0.0300. The van der Waals surface area contributed by atoms with E-state index in [0.29, 0.717) is 26.3 Å². The summed E-state index contributed by atoms with van der Waals surface area (Å²) >= 11 is 1.64. The Labute approximate surface area is 115 Å². The highest BCUT2D eigenvalue weighted by Gasteiger charge is 2.08. The lowest BCUT2D eigenvalue weighted by Gasteiger charge is -2.14. The van der Waals surface area contributed by atoms with Gasteiger partial charge in [-0.1, -0.05) is 6.07 Å². The van der Waals surface area contributed by atoms with Crippen molar-refractivity contribution in [3.63, 3.8) is 0 Å². The minimum absolute atomic E-state index is 0.101. The van der Waals surface area contributed by atoms with Crippen LogP contribution in [0.3, 0.4) is 0 Å². The maximum atomic E-state index is 11.1. The predicted molar refractivity (Wildman–Crippen MR) is 76.4 cm³/mol. The van der Waals surface area contributed by atoms with Crippen LogP contribution in [0.25, 0.3) is 0 Å². The molecule has 0 spiro atoms. The molecule has 0 radical (unpaired) electrons. The van der Waals surface area contributed by atoms with Gasteiger partial charge in [-0.15, -0.1) is 11.3 Å². The first-order valence-corrected chi connectivity index (χ1v) is 8.40. The van der Waals surface area contributed by atoms with Gasteiger partial charge in [0.1, 0.15) is 0 Å². The monoisotopic (exact) mass is 291 g/mol. The van der Waals surface area contributed by atoms with Gasteiger partial charge >= 0.3 is 0 Å². The van der Waals surface area contributed by atoms with Crippen LogP contribution in [0.5, 0.6) is 0 Å². The van der Waals surface area contributed by atoms with Crippen molar-refractivity contribution < 1.29 is 14.1 Å². The maximum Gasteiger partial charge on any atom is 0.0897 e. The molecular formula is C12H21NO3S2. The van der Waals surface area contributed by atoms with Crippen molar-refractivity contribution in [2.24, 2.45) is 0 Å². The number of rotatable bonds is 9. The van der Waals surface area contributed by atoms with Crippen LogP contribution in [0.15, 0.2) is 17.5 Å². The highest BCUT2D eigenvalue weighted by atomic mass is 32.2. The molecule has 0 aromatic carbocycles. The number of aliphatic hydroxyl groups is 1. The molecule has 0 fully saturated rings. The van der Waals surface area contributed by atoms with Crippen LogP contribution >= 0.6 is 11.3 Å². The number of hydrogen-bond donors (Lipinski definition) is 2. The number of nitrogens with one attached hydrogen (secondary N) is 1. The molecule has 6 heteroatoms. The van der Waals surface area contributed by atoms with Gasteiger partial charge in [-0.25, -0.2) is 0 Å². The minimum Gasteiger partial charge on any atom is -0.389 e. The first kappa shape index (κ1) is 15.8. The summed E-state index contributed by atoms with van der Waals surface area (Å²) in [5.74, 6) is 0. The molecule has 18 heavy (non-hydrogen) atoms. The summed E-state index contributed by atoms with van der Waals surface area (Å²) in [5, 5.41) is 14.9. The summed E-state index contributed by atoms with van der Waals surface area (Å²) in [7, 11) is -0.825. The van der Waals surface area contributed by atoms with E-state index in [1.165, 1.54) is 0 Å². The third-order valence-corrected chi connectivity index (χ3v) is 4.66. The zero-order valence-corrected chi connectivity index (χ0v) is 12.4. The molecule has 2 N–H and O–H groups in total. The van der Waals surface area contributed by atoms with Gasteiger partial charge in [0, 0.05) is 40.3 Å². The van der Waals surface area contributed by atoms with Gasteiger partial charge in [-0.05, 0) is 18.4 Å². The molecule has 0 bridgehead atoms. The van der Waals surface area contributed by atoms with Crippen LogP contribution in [0.2, 0.25) is 0 Å². The molecule has 0 aliphatic heterocycles. The fraction of sp³-hybridized carbons (Fsp3) is 0.667. The summed E-state index contributed by atoms with van der Waals surface area (Å²) in [6.45, 7) is 3.89. The molecule has 0 saturated carbocycles. The molecule has 0 aliphatic carbocycles. The average Bonchev–Trinajstić information content (AvgIpc) is 2.81. The van der Waals surface area contributed by atoms with E-state index in [1.54, 1.807) is 17.6 Å². The summed E-state index contributed by atoms with van der Waals surface area (Å²) < 4.78 is 16.5. The van der Waals surface area contributed by atoms with Crippen LogP contribution in [0.4, 0.5) is 0 Å². The normalized spacial score (nSPS) is 16.4. The first-order chi connectivity index (χ1) is 8.59. The Morgan fingerprint density at radius 1 is 1.56 bits per heavy atom. The van der Waals surface area contributed by atoms with E-state index in [2.05, 4.69) is 5.32 Å². The molecule has 0 aliphatic rings. The fourth-order valence-electron chi connectivity index (χ4n) is 1.32. The lowest BCUT2D eigenvalue weighted by atomic mass is 10.3. The summed E-state index contributed by atoms with van der Waals surface area (Å²) in [5.41, 5.74) is 0. The molecule has 0 saturated heterocycles. The van der Waals surface area contributed by atoms with Crippen molar-refractivity contribution >= 4 is 22.1 Å². The second-order valence-electron chi connectivity index (χ2n) is 4.22. The highest BCUT2D eigenvalue weighted by molar-refractivity contribution is 7.84. The Hall–Kier alpha value is -0.270. The standard InChI is InChI=1S/C12H21NO3S2/c1-10(18(2)15)6-13-7-11(14)8-16-9-12-4-3-5-17-12/h3-5,10-11,13-14H,6-9H2,1-2H3. The van der Waals surface area contributed by atoms with Gasteiger partial charge in [-0.2, -0.15) is 0 Å². The van der Waals surface area contributed by atoms with E-state index in [4.69, 9.17) is 4.74 Å². The molecule has 4 nitrogen and oxygen atoms in total. The molecule has 1 rings (SSSR count). The van der Waals surface area contributed by atoms with Crippen LogP contribution in [0, 0.1) is 0 Å². The maximum absolute atomic E-state index is 11.1. The number of thiophene rings is 1. The second-order valence-corrected chi connectivity index (χ2v) is 7.05.